The van der Waals surface area contributed by atoms with Crippen molar-refractivity contribution in [2.75, 3.05) is 0 Å². The van der Waals surface area contributed by atoms with Crippen LogP contribution < -0.4 is 5.73 Å². The normalized spacial score (nSPS) is 20.5. The molecule has 3 heteroatoms. The van der Waals surface area contributed by atoms with Crippen LogP contribution in [0.15, 0.2) is 29.4 Å². The van der Waals surface area contributed by atoms with E-state index in [0.29, 0.717) is 11.8 Å². The van der Waals surface area contributed by atoms with Crippen LogP contribution in [-0.4, -0.2) is 11.0 Å². The smallest absolute Gasteiger partial charge is 0.149 e. The van der Waals surface area contributed by atoms with Crippen molar-refractivity contribution in [1.82, 2.24) is 0 Å². The quantitative estimate of drug-likeness (QED) is 0.354. The van der Waals surface area contributed by atoms with E-state index in [-0.39, 0.29) is 5.41 Å². The lowest BCUT2D eigenvalue weighted by atomic mass is 9.76. The van der Waals surface area contributed by atoms with Gasteiger partial charge < -0.3 is 10.9 Å². The van der Waals surface area contributed by atoms with E-state index in [4.69, 9.17) is 10.9 Å². The van der Waals surface area contributed by atoms with Crippen LogP contribution in [0.2, 0.25) is 0 Å². The number of hydrogen-bond donors (Lipinski definition) is 2. The first-order valence-electron chi connectivity index (χ1n) is 5.64. The van der Waals surface area contributed by atoms with E-state index in [1.807, 2.05) is 0 Å². The Labute approximate surface area is 96.0 Å². The maximum Gasteiger partial charge on any atom is 0.149 e. The van der Waals surface area contributed by atoms with Crippen LogP contribution in [-0.2, 0) is 5.41 Å². The maximum absolute atomic E-state index is 8.93. The van der Waals surface area contributed by atoms with Crippen molar-refractivity contribution in [3.05, 3.63) is 35.4 Å². The summed E-state index contributed by atoms with van der Waals surface area (Å²) in [5, 5.41) is 12.1. The van der Waals surface area contributed by atoms with Crippen LogP contribution in [0.3, 0.4) is 0 Å². The fraction of sp³-hybridized carbons (Fsp3) is 0.462. The van der Waals surface area contributed by atoms with Crippen molar-refractivity contribution in [1.29, 1.82) is 0 Å². The van der Waals surface area contributed by atoms with E-state index < -0.39 is 0 Å². The summed E-state index contributed by atoms with van der Waals surface area (Å²) in [5.74, 6) is 0.824. The number of nitrogens with two attached hydrogens (primary N) is 1. The highest BCUT2D eigenvalue weighted by atomic mass is 16.4. The molecule has 0 aromatic heterocycles. The van der Waals surface area contributed by atoms with E-state index in [1.54, 1.807) is 0 Å². The highest BCUT2D eigenvalue weighted by Gasteiger charge is 2.46. The minimum absolute atomic E-state index is 0.317. The van der Waals surface area contributed by atoms with Gasteiger partial charge in [0, 0.05) is 0 Å². The zero-order valence-corrected chi connectivity index (χ0v) is 9.77. The molecule has 86 valence electrons. The molecule has 1 aliphatic carbocycles. The predicted molar refractivity (Wildman–Crippen MR) is 64.7 cm³/mol. The van der Waals surface area contributed by atoms with Crippen LogP contribution in [0, 0.1) is 12.8 Å². The lowest BCUT2D eigenvalue weighted by Crippen LogP contribution is -2.40. The molecule has 0 spiro atoms. The number of benzene rings is 1. The van der Waals surface area contributed by atoms with Crippen molar-refractivity contribution in [2.45, 2.75) is 32.1 Å². The van der Waals surface area contributed by atoms with E-state index in [1.165, 1.54) is 5.56 Å². The molecule has 1 aliphatic rings. The molecule has 2 rings (SSSR count). The van der Waals surface area contributed by atoms with Crippen molar-refractivity contribution >= 4 is 5.84 Å². The Kier molecular flexibility index (Phi) is 2.62. The zero-order chi connectivity index (χ0) is 11.8. The third-order valence-corrected chi connectivity index (χ3v) is 3.68. The third kappa shape index (κ3) is 1.66. The average molecular weight is 218 g/mol. The monoisotopic (exact) mass is 218 g/mol. The molecule has 1 saturated carbocycles. The number of amidine groups is 1. The molecule has 0 bridgehead atoms. The molecule has 0 amide bonds. The molecule has 0 radical (unpaired) electrons. The number of nitrogens with zero attached hydrogens (tertiary/aromatic N) is 1. The van der Waals surface area contributed by atoms with Gasteiger partial charge in [0.25, 0.3) is 0 Å². The van der Waals surface area contributed by atoms with Crippen molar-refractivity contribution < 1.29 is 5.21 Å². The average Bonchev–Trinajstić information content (AvgIpc) is 3.12. The van der Waals surface area contributed by atoms with Crippen molar-refractivity contribution in [3.63, 3.8) is 0 Å². The second kappa shape index (κ2) is 3.81. The molecule has 1 aromatic rings. The SMILES string of the molecule is Cc1ccc(C(C)(C(N)=NO)C2CC2)cc1. The van der Waals surface area contributed by atoms with Gasteiger partial charge in [0.1, 0.15) is 5.84 Å². The van der Waals surface area contributed by atoms with Crippen molar-refractivity contribution in [2.24, 2.45) is 16.8 Å². The minimum Gasteiger partial charge on any atom is -0.409 e. The lowest BCUT2D eigenvalue weighted by molar-refractivity contribution is 0.310. The predicted octanol–water partition coefficient (Wildman–Crippen LogP) is 2.41. The highest BCUT2D eigenvalue weighted by Crippen LogP contribution is 2.47. The number of hydrogen-bond acceptors (Lipinski definition) is 2. The third-order valence-electron chi connectivity index (χ3n) is 3.68. The molecule has 1 unspecified atom stereocenters. The molecule has 1 fully saturated rings. The number of oxime groups is 1. The van der Waals surface area contributed by atoms with Crippen LogP contribution >= 0.6 is 0 Å². The summed E-state index contributed by atoms with van der Waals surface area (Å²) in [7, 11) is 0. The standard InChI is InChI=1S/C13H18N2O/c1-9-3-5-10(6-4-9)13(2,11-7-8-11)12(14)15-16/h3-6,11,16H,7-8H2,1-2H3,(H2,14,15). The first-order valence-corrected chi connectivity index (χ1v) is 5.64. The second-order valence-corrected chi connectivity index (χ2v) is 4.83. The summed E-state index contributed by atoms with van der Waals surface area (Å²) in [5.41, 5.74) is 7.90. The van der Waals surface area contributed by atoms with Gasteiger partial charge in [0.05, 0.1) is 5.41 Å². The molecular formula is C13H18N2O. The largest absolute Gasteiger partial charge is 0.409 e. The molecule has 0 aliphatic heterocycles. The van der Waals surface area contributed by atoms with Gasteiger partial charge in [-0.15, -0.1) is 0 Å². The molecule has 16 heavy (non-hydrogen) atoms. The van der Waals surface area contributed by atoms with E-state index in [0.717, 1.165) is 18.4 Å². The Morgan fingerprint density at radius 2 is 1.94 bits per heavy atom. The summed E-state index contributed by atoms with van der Waals surface area (Å²) in [4.78, 5) is 0. The topological polar surface area (TPSA) is 58.6 Å². The molecule has 3 nitrogen and oxygen atoms in total. The maximum atomic E-state index is 8.93. The number of aryl methyl sites for hydroxylation is 1. The Bertz CT molecular complexity index is 406. The molecule has 1 atom stereocenters. The highest BCUT2D eigenvalue weighted by molar-refractivity contribution is 5.91. The summed E-state index contributed by atoms with van der Waals surface area (Å²) < 4.78 is 0. The van der Waals surface area contributed by atoms with Crippen molar-refractivity contribution in [3.8, 4) is 0 Å². The van der Waals surface area contributed by atoms with Gasteiger partial charge in [-0.3, -0.25) is 0 Å². The van der Waals surface area contributed by atoms with Crippen LogP contribution in [0.1, 0.15) is 30.9 Å². The van der Waals surface area contributed by atoms with E-state index in [9.17, 15) is 0 Å². The fourth-order valence-corrected chi connectivity index (χ4v) is 2.26. The lowest BCUT2D eigenvalue weighted by Gasteiger charge is -2.28. The van der Waals surface area contributed by atoms with Crippen LogP contribution in [0.4, 0.5) is 0 Å². The van der Waals surface area contributed by atoms with Gasteiger partial charge in [-0.05, 0) is 38.2 Å². The molecular weight excluding hydrogens is 200 g/mol. The summed E-state index contributed by atoms with van der Waals surface area (Å²) >= 11 is 0. The minimum atomic E-state index is -0.317. The summed E-state index contributed by atoms with van der Waals surface area (Å²) in [6.45, 7) is 4.12. The first-order chi connectivity index (χ1) is 7.59. The van der Waals surface area contributed by atoms with E-state index in [2.05, 4.69) is 43.3 Å². The van der Waals surface area contributed by atoms with Gasteiger partial charge >= 0.3 is 0 Å². The van der Waals surface area contributed by atoms with Gasteiger partial charge in [-0.1, -0.05) is 35.0 Å². The molecule has 0 saturated heterocycles. The Balaban J connectivity index is 2.43. The molecule has 0 heterocycles. The summed E-state index contributed by atoms with van der Waals surface area (Å²) in [6, 6.07) is 8.29. The van der Waals surface area contributed by atoms with Gasteiger partial charge in [0.15, 0.2) is 0 Å². The zero-order valence-electron chi connectivity index (χ0n) is 9.77. The van der Waals surface area contributed by atoms with Gasteiger partial charge in [0.2, 0.25) is 0 Å². The summed E-state index contributed by atoms with van der Waals surface area (Å²) in [6.07, 6.45) is 2.31. The van der Waals surface area contributed by atoms with Gasteiger partial charge in [-0.2, -0.15) is 0 Å². The first kappa shape index (κ1) is 11.0. The Morgan fingerprint density at radius 1 is 1.38 bits per heavy atom. The number of rotatable bonds is 3. The second-order valence-electron chi connectivity index (χ2n) is 4.83. The Morgan fingerprint density at radius 3 is 2.38 bits per heavy atom. The molecule has 3 N–H and O–H groups in total. The fourth-order valence-electron chi connectivity index (χ4n) is 2.26. The van der Waals surface area contributed by atoms with Crippen LogP contribution in [0.25, 0.3) is 0 Å². The molecule has 1 aromatic carbocycles. The van der Waals surface area contributed by atoms with E-state index >= 15 is 0 Å². The van der Waals surface area contributed by atoms with Gasteiger partial charge in [-0.25, -0.2) is 0 Å². The Hall–Kier alpha value is -1.51. The van der Waals surface area contributed by atoms with Crippen LogP contribution in [0.5, 0.6) is 0 Å².